The molecule has 1 aromatic rings. The number of nitrogens with one attached hydrogen (secondary N) is 1. The Kier molecular flexibility index (Phi) is 7.55. The molecule has 0 aliphatic rings. The number of nitro benzene ring substituents is 1. The van der Waals surface area contributed by atoms with Crippen molar-refractivity contribution in [1.29, 1.82) is 0 Å². The van der Waals surface area contributed by atoms with E-state index in [2.05, 4.69) is 26.1 Å². The number of carbonyl (C=O) groups is 2. The van der Waals surface area contributed by atoms with E-state index >= 15 is 0 Å². The van der Waals surface area contributed by atoms with E-state index < -0.39 is 22.6 Å². The second-order valence-corrected chi connectivity index (χ2v) is 8.86. The highest BCUT2D eigenvalue weighted by Gasteiger charge is 2.25. The van der Waals surface area contributed by atoms with E-state index in [9.17, 15) is 19.7 Å². The summed E-state index contributed by atoms with van der Waals surface area (Å²) in [5, 5.41) is 13.7. The van der Waals surface area contributed by atoms with Gasteiger partial charge in [0.1, 0.15) is 17.0 Å². The molecule has 0 aliphatic carbocycles. The molecule has 0 bridgehead atoms. The van der Waals surface area contributed by atoms with E-state index in [4.69, 9.17) is 9.47 Å². The molecule has 0 unspecified atom stereocenters. The fourth-order valence-corrected chi connectivity index (χ4v) is 2.44. The molecule has 0 spiro atoms. The van der Waals surface area contributed by atoms with Gasteiger partial charge in [0.25, 0.3) is 5.69 Å². The van der Waals surface area contributed by atoms with Crippen LogP contribution >= 0.6 is 0 Å². The molecule has 8 nitrogen and oxygen atoms in total. The Morgan fingerprint density at radius 1 is 1.14 bits per heavy atom. The number of ether oxygens (including phenoxy) is 2. The normalized spacial score (nSPS) is 11.7. The zero-order valence-electron chi connectivity index (χ0n) is 17.7. The summed E-state index contributed by atoms with van der Waals surface area (Å²) in [6.07, 6.45) is 0.958. The van der Waals surface area contributed by atoms with Crippen molar-refractivity contribution in [2.45, 2.75) is 73.3 Å². The third-order valence-electron chi connectivity index (χ3n) is 3.75. The maximum atomic E-state index is 12.1. The van der Waals surface area contributed by atoms with E-state index in [1.165, 1.54) is 19.1 Å². The zero-order valence-corrected chi connectivity index (χ0v) is 17.7. The number of hydrogen-bond acceptors (Lipinski definition) is 6. The first kappa shape index (κ1) is 23.4. The summed E-state index contributed by atoms with van der Waals surface area (Å²) in [7, 11) is 0. The molecule has 1 amide bonds. The van der Waals surface area contributed by atoms with E-state index in [-0.39, 0.29) is 34.5 Å². The standard InChI is InChI=1S/C20H30N2O6/c1-13-15(27-16(23)9-8-12-19(2,3)4)11-10-14(22(25)26)17(13)21-18(24)28-20(5,6)7/h10-11H,8-9,12H2,1-7H3,(H,21,24). The third-order valence-corrected chi connectivity index (χ3v) is 3.75. The summed E-state index contributed by atoms with van der Waals surface area (Å²) in [6, 6.07) is 2.55. The Morgan fingerprint density at radius 2 is 1.75 bits per heavy atom. The predicted molar refractivity (Wildman–Crippen MR) is 107 cm³/mol. The van der Waals surface area contributed by atoms with Crippen LogP contribution in [0.5, 0.6) is 5.75 Å². The molecule has 0 saturated carbocycles. The smallest absolute Gasteiger partial charge is 0.412 e. The maximum absolute atomic E-state index is 12.1. The molecule has 0 saturated heterocycles. The van der Waals surface area contributed by atoms with Gasteiger partial charge in [-0.15, -0.1) is 0 Å². The van der Waals surface area contributed by atoms with Gasteiger partial charge in [-0.2, -0.15) is 0 Å². The second-order valence-electron chi connectivity index (χ2n) is 8.86. The van der Waals surface area contributed by atoms with Crippen molar-refractivity contribution in [1.82, 2.24) is 0 Å². The minimum absolute atomic E-state index is 0.0563. The molecule has 0 atom stereocenters. The molecule has 0 heterocycles. The van der Waals surface area contributed by atoms with Gasteiger partial charge in [0, 0.05) is 18.1 Å². The third kappa shape index (κ3) is 7.94. The van der Waals surface area contributed by atoms with Gasteiger partial charge in [0.15, 0.2) is 0 Å². The maximum Gasteiger partial charge on any atom is 0.412 e. The lowest BCUT2D eigenvalue weighted by Gasteiger charge is -2.20. The number of esters is 1. The van der Waals surface area contributed by atoms with Crippen LogP contribution in [0.2, 0.25) is 0 Å². The highest BCUT2D eigenvalue weighted by atomic mass is 16.6. The number of nitro groups is 1. The molecular weight excluding hydrogens is 364 g/mol. The summed E-state index contributed by atoms with van der Waals surface area (Å²) >= 11 is 0. The number of anilines is 1. The van der Waals surface area contributed by atoms with E-state index in [1.807, 2.05) is 0 Å². The molecule has 0 radical (unpaired) electrons. The number of hydrogen-bond donors (Lipinski definition) is 1. The summed E-state index contributed by atoms with van der Waals surface area (Å²) in [5.41, 5.74) is -0.725. The molecule has 0 fully saturated rings. The molecule has 1 rings (SSSR count). The minimum Gasteiger partial charge on any atom is -0.444 e. The number of rotatable bonds is 6. The number of carbonyl (C=O) groups excluding carboxylic acids is 2. The fraction of sp³-hybridized carbons (Fsp3) is 0.600. The topological polar surface area (TPSA) is 108 Å². The lowest BCUT2D eigenvalue weighted by atomic mass is 9.90. The highest BCUT2D eigenvalue weighted by molar-refractivity contribution is 5.90. The summed E-state index contributed by atoms with van der Waals surface area (Å²) in [5.74, 6) is -0.262. The van der Waals surface area contributed by atoms with Gasteiger partial charge >= 0.3 is 12.1 Å². The first-order valence-corrected chi connectivity index (χ1v) is 9.18. The van der Waals surface area contributed by atoms with Gasteiger partial charge in [0.05, 0.1) is 4.92 Å². The average molecular weight is 394 g/mol. The number of nitrogens with zero attached hydrogens (tertiary/aromatic N) is 1. The summed E-state index contributed by atoms with van der Waals surface area (Å²) in [4.78, 5) is 34.9. The summed E-state index contributed by atoms with van der Waals surface area (Å²) < 4.78 is 10.5. The molecule has 0 aliphatic heterocycles. The minimum atomic E-state index is -0.827. The van der Waals surface area contributed by atoms with Crippen LogP contribution in [0.3, 0.4) is 0 Å². The first-order valence-electron chi connectivity index (χ1n) is 9.18. The number of benzene rings is 1. The molecule has 8 heteroatoms. The monoisotopic (exact) mass is 394 g/mol. The van der Waals surface area contributed by atoms with Crippen molar-refractivity contribution in [2.75, 3.05) is 5.32 Å². The average Bonchev–Trinajstić information content (AvgIpc) is 2.47. The SMILES string of the molecule is Cc1c(OC(=O)CCCC(C)(C)C)ccc([N+](=O)[O-])c1NC(=O)OC(C)(C)C. The van der Waals surface area contributed by atoms with Gasteiger partial charge in [-0.1, -0.05) is 20.8 Å². The Hall–Kier alpha value is -2.64. The van der Waals surface area contributed by atoms with Crippen LogP contribution in [0.1, 0.15) is 66.4 Å². The van der Waals surface area contributed by atoms with Gasteiger partial charge in [-0.25, -0.2) is 4.79 Å². The van der Waals surface area contributed by atoms with Crippen LogP contribution in [-0.4, -0.2) is 22.6 Å². The Bertz CT molecular complexity index is 744. The van der Waals surface area contributed by atoms with E-state index in [0.717, 1.165) is 6.42 Å². The lowest BCUT2D eigenvalue weighted by Crippen LogP contribution is -2.27. The molecule has 28 heavy (non-hydrogen) atoms. The van der Waals surface area contributed by atoms with E-state index in [0.29, 0.717) is 6.42 Å². The largest absolute Gasteiger partial charge is 0.444 e. The van der Waals surface area contributed by atoms with Crippen LogP contribution in [0, 0.1) is 22.5 Å². The van der Waals surface area contributed by atoms with Gasteiger partial charge in [0.2, 0.25) is 0 Å². The number of amides is 1. The second kappa shape index (κ2) is 9.03. The fourth-order valence-electron chi connectivity index (χ4n) is 2.44. The Morgan fingerprint density at radius 3 is 2.25 bits per heavy atom. The molecule has 0 aromatic heterocycles. The van der Waals surface area contributed by atoms with Crippen molar-refractivity contribution in [3.63, 3.8) is 0 Å². The molecule has 1 aromatic carbocycles. The van der Waals surface area contributed by atoms with Crippen LogP contribution in [-0.2, 0) is 9.53 Å². The van der Waals surface area contributed by atoms with Gasteiger partial charge in [-0.05, 0) is 52.0 Å². The quantitative estimate of drug-likeness (QED) is 0.301. The van der Waals surface area contributed by atoms with E-state index in [1.54, 1.807) is 20.8 Å². The Balaban J connectivity index is 2.99. The lowest BCUT2D eigenvalue weighted by molar-refractivity contribution is -0.384. The molecule has 156 valence electrons. The van der Waals surface area contributed by atoms with Crippen LogP contribution in [0.4, 0.5) is 16.2 Å². The zero-order chi connectivity index (χ0) is 21.7. The van der Waals surface area contributed by atoms with Crippen molar-refractivity contribution in [2.24, 2.45) is 5.41 Å². The highest BCUT2D eigenvalue weighted by Crippen LogP contribution is 2.35. The van der Waals surface area contributed by atoms with Crippen molar-refractivity contribution in [3.8, 4) is 5.75 Å². The van der Waals surface area contributed by atoms with Crippen molar-refractivity contribution < 1.29 is 24.0 Å². The van der Waals surface area contributed by atoms with Crippen molar-refractivity contribution >= 4 is 23.4 Å². The van der Waals surface area contributed by atoms with Gasteiger partial charge < -0.3 is 9.47 Å². The van der Waals surface area contributed by atoms with Crippen molar-refractivity contribution in [3.05, 3.63) is 27.8 Å². The van der Waals surface area contributed by atoms with Crippen LogP contribution in [0.25, 0.3) is 0 Å². The molecule has 1 N–H and O–H groups in total. The van der Waals surface area contributed by atoms with Crippen LogP contribution in [0.15, 0.2) is 12.1 Å². The van der Waals surface area contributed by atoms with Crippen LogP contribution < -0.4 is 10.1 Å². The molecular formula is C20H30N2O6. The Labute approximate surface area is 165 Å². The predicted octanol–water partition coefficient (Wildman–Crippen LogP) is 5.37. The summed E-state index contributed by atoms with van der Waals surface area (Å²) in [6.45, 7) is 12.9. The first-order chi connectivity index (χ1) is 12.7. The van der Waals surface area contributed by atoms with Gasteiger partial charge in [-0.3, -0.25) is 20.2 Å².